The Kier molecular flexibility index (Phi) is 5.10. The van der Waals surface area contributed by atoms with Crippen LogP contribution < -0.4 is 5.32 Å². The van der Waals surface area contributed by atoms with Gasteiger partial charge in [0.2, 0.25) is 0 Å². The molecule has 30 heavy (non-hydrogen) atoms. The molecule has 6 heteroatoms. The number of aliphatic hydroxyl groups is 1. The van der Waals surface area contributed by atoms with Crippen LogP contribution >= 0.6 is 0 Å². The van der Waals surface area contributed by atoms with Crippen LogP contribution in [0.1, 0.15) is 24.0 Å². The number of halogens is 1. The third-order valence-electron chi connectivity index (χ3n) is 5.57. The highest BCUT2D eigenvalue weighted by atomic mass is 19.1. The number of hydrogen-bond acceptors (Lipinski definition) is 4. The topological polar surface area (TPSA) is 82.5 Å². The van der Waals surface area contributed by atoms with E-state index in [4.69, 9.17) is 0 Å². The van der Waals surface area contributed by atoms with E-state index in [1.54, 1.807) is 18.2 Å². The highest BCUT2D eigenvalue weighted by Crippen LogP contribution is 2.48. The van der Waals surface area contributed by atoms with Crippen LogP contribution in [0.3, 0.4) is 0 Å². The van der Waals surface area contributed by atoms with Crippen molar-refractivity contribution in [2.75, 3.05) is 11.9 Å². The van der Waals surface area contributed by atoms with Gasteiger partial charge in [0.25, 0.3) is 5.91 Å². The summed E-state index contributed by atoms with van der Waals surface area (Å²) in [6.45, 7) is 3.96. The number of pyridine rings is 1. The molecule has 2 aliphatic rings. The van der Waals surface area contributed by atoms with Crippen molar-refractivity contribution in [2.24, 2.45) is 0 Å². The predicted octanol–water partition coefficient (Wildman–Crippen LogP) is 4.27. The molecule has 152 valence electrons. The van der Waals surface area contributed by atoms with E-state index in [-0.39, 0.29) is 29.5 Å². The van der Waals surface area contributed by atoms with Crippen LogP contribution in [0.5, 0.6) is 5.75 Å². The van der Waals surface area contributed by atoms with Crippen LogP contribution in [0.2, 0.25) is 0 Å². The van der Waals surface area contributed by atoms with Gasteiger partial charge in [0.05, 0.1) is 18.5 Å². The number of anilines is 1. The standard InChI is InChI=1S/C19H17NO3.C5H4FN/c1-11-14-8-15(17(22)9-16(14)20-18(11)23)12-2-4-13(5-3-12)19(10-21)6-7-19;6-5-2-1-3-7-4-5/h2-5,8-9,21-22H,1,6-7,10H2,(H,20,23);1-4H. The maximum Gasteiger partial charge on any atom is 0.255 e. The summed E-state index contributed by atoms with van der Waals surface area (Å²) in [5.41, 5.74) is 4.33. The van der Waals surface area contributed by atoms with Gasteiger partial charge >= 0.3 is 0 Å². The summed E-state index contributed by atoms with van der Waals surface area (Å²) in [6.07, 6.45) is 4.73. The van der Waals surface area contributed by atoms with Crippen LogP contribution in [0.15, 0.2) is 67.5 Å². The number of benzene rings is 2. The first-order chi connectivity index (χ1) is 14.4. The number of nitrogens with one attached hydrogen (secondary N) is 1. The Morgan fingerprint density at radius 3 is 2.40 bits per heavy atom. The van der Waals surface area contributed by atoms with Gasteiger partial charge in [-0.2, -0.15) is 0 Å². The van der Waals surface area contributed by atoms with Crippen molar-refractivity contribution < 1.29 is 19.4 Å². The largest absolute Gasteiger partial charge is 0.507 e. The highest BCUT2D eigenvalue weighted by molar-refractivity contribution is 6.31. The fraction of sp³-hybridized carbons (Fsp3) is 0.167. The zero-order chi connectivity index (χ0) is 21.3. The molecule has 3 aromatic rings. The molecular formula is C24H21FN2O3. The number of carbonyl (C=O) groups is 1. The average Bonchev–Trinajstić information content (AvgIpc) is 3.51. The van der Waals surface area contributed by atoms with Crippen molar-refractivity contribution in [2.45, 2.75) is 18.3 Å². The lowest BCUT2D eigenvalue weighted by Crippen LogP contribution is -2.11. The minimum atomic E-state index is -0.289. The lowest BCUT2D eigenvalue weighted by molar-refractivity contribution is -0.110. The van der Waals surface area contributed by atoms with E-state index in [9.17, 15) is 19.4 Å². The Morgan fingerprint density at radius 1 is 1.13 bits per heavy atom. The maximum atomic E-state index is 11.8. The number of rotatable bonds is 3. The van der Waals surface area contributed by atoms with Gasteiger partial charge in [-0.05, 0) is 42.2 Å². The minimum absolute atomic E-state index is 0.0663. The van der Waals surface area contributed by atoms with E-state index < -0.39 is 0 Å². The first-order valence-electron chi connectivity index (χ1n) is 9.58. The minimum Gasteiger partial charge on any atom is -0.507 e. The zero-order valence-electron chi connectivity index (χ0n) is 16.2. The summed E-state index contributed by atoms with van der Waals surface area (Å²) in [5, 5.41) is 22.5. The summed E-state index contributed by atoms with van der Waals surface area (Å²) < 4.78 is 11.8. The lowest BCUT2D eigenvalue weighted by atomic mass is 9.93. The molecule has 1 saturated carbocycles. The van der Waals surface area contributed by atoms with Gasteiger partial charge in [0.15, 0.2) is 0 Å². The summed E-state index contributed by atoms with van der Waals surface area (Å²) in [5.74, 6) is -0.400. The molecule has 5 rings (SSSR count). The third kappa shape index (κ3) is 3.69. The van der Waals surface area contributed by atoms with Gasteiger partial charge in [0, 0.05) is 34.4 Å². The molecule has 1 aliphatic carbocycles. The Labute approximate surface area is 173 Å². The first-order valence-corrected chi connectivity index (χ1v) is 9.58. The van der Waals surface area contributed by atoms with Gasteiger partial charge in [0.1, 0.15) is 11.6 Å². The molecule has 1 aliphatic heterocycles. The smallest absolute Gasteiger partial charge is 0.255 e. The molecule has 0 unspecified atom stereocenters. The van der Waals surface area contributed by atoms with E-state index in [0.717, 1.165) is 29.5 Å². The summed E-state index contributed by atoms with van der Waals surface area (Å²) in [7, 11) is 0. The highest BCUT2D eigenvalue weighted by Gasteiger charge is 2.43. The lowest BCUT2D eigenvalue weighted by Gasteiger charge is -2.13. The van der Waals surface area contributed by atoms with Crippen LogP contribution in [0.4, 0.5) is 10.1 Å². The van der Waals surface area contributed by atoms with Gasteiger partial charge in [-0.1, -0.05) is 30.8 Å². The zero-order valence-corrected chi connectivity index (χ0v) is 16.2. The average molecular weight is 404 g/mol. The van der Waals surface area contributed by atoms with Crippen molar-refractivity contribution in [1.29, 1.82) is 0 Å². The van der Waals surface area contributed by atoms with Crippen LogP contribution in [-0.4, -0.2) is 27.7 Å². The number of aromatic nitrogens is 1. The van der Waals surface area contributed by atoms with E-state index in [1.165, 1.54) is 18.5 Å². The van der Waals surface area contributed by atoms with Crippen molar-refractivity contribution >= 4 is 17.2 Å². The van der Waals surface area contributed by atoms with E-state index in [2.05, 4.69) is 16.9 Å². The fourth-order valence-corrected chi connectivity index (χ4v) is 3.53. The molecule has 5 nitrogen and oxygen atoms in total. The normalized spacial score (nSPS) is 15.7. The molecule has 0 bridgehead atoms. The Bertz CT molecular complexity index is 1110. The number of carbonyl (C=O) groups excluding carboxylic acids is 1. The molecule has 0 radical (unpaired) electrons. The Morgan fingerprint density at radius 2 is 1.87 bits per heavy atom. The maximum absolute atomic E-state index is 11.8. The summed E-state index contributed by atoms with van der Waals surface area (Å²) in [4.78, 5) is 15.2. The summed E-state index contributed by atoms with van der Waals surface area (Å²) in [6, 6.07) is 14.2. The second-order valence-electron chi connectivity index (χ2n) is 7.53. The van der Waals surface area contributed by atoms with E-state index >= 15 is 0 Å². The second-order valence-corrected chi connectivity index (χ2v) is 7.53. The molecule has 1 aromatic heterocycles. The predicted molar refractivity (Wildman–Crippen MR) is 113 cm³/mol. The second kappa shape index (κ2) is 7.72. The van der Waals surface area contributed by atoms with Gasteiger partial charge in [-0.15, -0.1) is 0 Å². The van der Waals surface area contributed by atoms with Crippen molar-refractivity contribution in [3.8, 4) is 16.9 Å². The van der Waals surface area contributed by atoms with Crippen LogP contribution in [-0.2, 0) is 10.2 Å². The number of phenols is 1. The SMILES string of the molecule is C=C1C(=O)Nc2cc(O)c(-c3ccc(C4(CO)CC4)cc3)cc21.Fc1cccnc1. The summed E-state index contributed by atoms with van der Waals surface area (Å²) >= 11 is 0. The number of nitrogens with zero attached hydrogens (tertiary/aromatic N) is 1. The van der Waals surface area contributed by atoms with Crippen LogP contribution in [0, 0.1) is 5.82 Å². The van der Waals surface area contributed by atoms with Gasteiger partial charge in [-0.3, -0.25) is 9.78 Å². The third-order valence-corrected chi connectivity index (χ3v) is 5.57. The van der Waals surface area contributed by atoms with Gasteiger partial charge in [-0.25, -0.2) is 4.39 Å². The van der Waals surface area contributed by atoms with Crippen molar-refractivity contribution in [3.63, 3.8) is 0 Å². The first kappa shape index (κ1) is 19.8. The Balaban J connectivity index is 0.000000265. The number of aliphatic hydroxyl groups excluding tert-OH is 1. The molecule has 2 heterocycles. The quantitative estimate of drug-likeness (QED) is 0.570. The van der Waals surface area contributed by atoms with Crippen molar-refractivity contribution in [1.82, 2.24) is 4.98 Å². The molecule has 1 fully saturated rings. The van der Waals surface area contributed by atoms with Crippen LogP contribution in [0.25, 0.3) is 16.7 Å². The van der Waals surface area contributed by atoms with Crippen molar-refractivity contribution in [3.05, 3.63) is 84.4 Å². The number of aromatic hydroxyl groups is 1. The molecule has 3 N–H and O–H groups in total. The molecule has 0 atom stereocenters. The molecule has 2 aromatic carbocycles. The monoisotopic (exact) mass is 404 g/mol. The molecular weight excluding hydrogens is 383 g/mol. The van der Waals surface area contributed by atoms with Gasteiger partial charge < -0.3 is 15.5 Å². The van der Waals surface area contributed by atoms with E-state index in [0.29, 0.717) is 16.8 Å². The fourth-order valence-electron chi connectivity index (χ4n) is 3.53. The number of fused-ring (bicyclic) bond motifs is 1. The number of hydrogen-bond donors (Lipinski definition) is 3. The molecule has 1 amide bonds. The molecule has 0 spiro atoms. The number of phenolic OH excluding ortho intramolecular Hbond substituents is 1. The number of amides is 1. The molecule has 0 saturated heterocycles. The van der Waals surface area contributed by atoms with E-state index in [1.807, 2.05) is 24.3 Å². The Hall–Kier alpha value is -3.51.